The van der Waals surface area contributed by atoms with Gasteiger partial charge in [0.15, 0.2) is 5.11 Å². The third-order valence-corrected chi connectivity index (χ3v) is 5.62. The third-order valence-electron chi connectivity index (χ3n) is 5.31. The molecule has 32 heavy (non-hydrogen) atoms. The molecule has 9 heteroatoms. The summed E-state index contributed by atoms with van der Waals surface area (Å²) in [6.45, 7) is -0.0501. The average Bonchev–Trinajstić information content (AvgIpc) is 3.37. The molecule has 0 unspecified atom stereocenters. The monoisotopic (exact) mass is 451 g/mol. The first-order chi connectivity index (χ1) is 15.5. The molecule has 166 valence electrons. The van der Waals surface area contributed by atoms with Crippen LogP contribution >= 0.6 is 12.2 Å². The molecule has 0 radical (unpaired) electrons. The Morgan fingerprint density at radius 2 is 2.09 bits per heavy atom. The number of pyridine rings is 1. The van der Waals surface area contributed by atoms with Gasteiger partial charge < -0.3 is 29.6 Å². The number of methoxy groups -OCH3 is 2. The molecule has 2 atom stereocenters. The van der Waals surface area contributed by atoms with Crippen LogP contribution in [0.4, 0.5) is 11.4 Å². The van der Waals surface area contributed by atoms with Crippen molar-refractivity contribution in [2.75, 3.05) is 31.0 Å². The maximum absolute atomic E-state index is 12.1. The number of rotatable bonds is 7. The van der Waals surface area contributed by atoms with E-state index in [-0.39, 0.29) is 24.6 Å². The van der Waals surface area contributed by atoms with E-state index in [4.69, 9.17) is 21.7 Å². The van der Waals surface area contributed by atoms with Gasteiger partial charge in [0.05, 0.1) is 30.6 Å². The normalized spacial score (nSPS) is 17.8. The molecule has 0 spiro atoms. The van der Waals surface area contributed by atoms with E-state index in [1.165, 1.54) is 7.11 Å². The first-order valence-corrected chi connectivity index (χ1v) is 10.5. The zero-order chi connectivity index (χ0) is 22.7. The molecule has 1 aromatic carbocycles. The maximum Gasteiger partial charge on any atom is 0.250 e. The fraction of sp³-hybridized carbons (Fsp3) is 0.261. The van der Waals surface area contributed by atoms with Crippen molar-refractivity contribution in [3.63, 3.8) is 0 Å². The van der Waals surface area contributed by atoms with Crippen molar-refractivity contribution >= 4 is 34.6 Å². The fourth-order valence-electron chi connectivity index (χ4n) is 3.93. The summed E-state index contributed by atoms with van der Waals surface area (Å²) >= 11 is 5.76. The number of amides is 1. The standard InChI is InChI=1S/C23H25N5O3S/c1-27-11-9-15(13-27)22-21(17-6-4-5-10-24-17)26-23(32)28(22)16-7-8-19(31-3)18(12-16)25-20(29)14-30-2/h4-13,21-22H,14H2,1-3H3,(H,25,29)(H,26,32)/t21-,22-/m0/s1. The van der Waals surface area contributed by atoms with Gasteiger partial charge >= 0.3 is 0 Å². The lowest BCUT2D eigenvalue weighted by molar-refractivity contribution is -0.119. The van der Waals surface area contributed by atoms with Crippen LogP contribution in [0.15, 0.2) is 61.1 Å². The van der Waals surface area contributed by atoms with Gasteiger partial charge in [0.2, 0.25) is 5.91 Å². The van der Waals surface area contributed by atoms with Gasteiger partial charge in [-0.05, 0) is 54.2 Å². The van der Waals surface area contributed by atoms with Crippen LogP contribution in [0.3, 0.4) is 0 Å². The molecule has 3 heterocycles. The van der Waals surface area contributed by atoms with Crippen LogP contribution in [-0.4, -0.2) is 41.4 Å². The van der Waals surface area contributed by atoms with E-state index in [0.717, 1.165) is 16.9 Å². The molecule has 2 aromatic heterocycles. The SMILES string of the molecule is COCC(=O)Nc1cc(N2C(=S)N[C@@H](c3ccccn3)[C@@H]2c2ccn(C)c2)ccc1OC. The highest BCUT2D eigenvalue weighted by Crippen LogP contribution is 2.43. The van der Waals surface area contributed by atoms with E-state index < -0.39 is 0 Å². The first kappa shape index (κ1) is 21.8. The third kappa shape index (κ3) is 4.30. The average molecular weight is 452 g/mol. The lowest BCUT2D eigenvalue weighted by Gasteiger charge is -2.28. The molecule has 3 aromatic rings. The second-order valence-electron chi connectivity index (χ2n) is 7.47. The fourth-order valence-corrected chi connectivity index (χ4v) is 4.28. The van der Waals surface area contributed by atoms with Gasteiger partial charge in [0.1, 0.15) is 12.4 Å². The van der Waals surface area contributed by atoms with Crippen molar-refractivity contribution in [2.24, 2.45) is 7.05 Å². The van der Waals surface area contributed by atoms with Crippen LogP contribution in [0.2, 0.25) is 0 Å². The summed E-state index contributed by atoms with van der Waals surface area (Å²) in [7, 11) is 5.03. The number of carbonyl (C=O) groups excluding carboxylic acids is 1. The Bertz CT molecular complexity index is 1120. The van der Waals surface area contributed by atoms with Crippen LogP contribution in [0, 0.1) is 0 Å². The summed E-state index contributed by atoms with van der Waals surface area (Å²) in [4.78, 5) is 18.8. The van der Waals surface area contributed by atoms with Crippen molar-refractivity contribution in [3.05, 3.63) is 72.3 Å². The summed E-state index contributed by atoms with van der Waals surface area (Å²) in [6, 6.07) is 13.3. The lowest BCUT2D eigenvalue weighted by Crippen LogP contribution is -2.29. The Balaban J connectivity index is 1.77. The molecule has 4 rings (SSSR count). The van der Waals surface area contributed by atoms with Crippen LogP contribution in [0.5, 0.6) is 5.75 Å². The Hall–Kier alpha value is -3.43. The van der Waals surface area contributed by atoms with Crippen molar-refractivity contribution in [1.29, 1.82) is 0 Å². The molecule has 1 aliphatic heterocycles. The molecule has 1 aliphatic rings. The highest BCUT2D eigenvalue weighted by molar-refractivity contribution is 7.80. The highest BCUT2D eigenvalue weighted by Gasteiger charge is 2.41. The van der Waals surface area contributed by atoms with Gasteiger partial charge in [0.25, 0.3) is 0 Å². The molecule has 0 bridgehead atoms. The Kier molecular flexibility index (Phi) is 6.38. The number of nitrogens with zero attached hydrogens (tertiary/aromatic N) is 3. The molecule has 1 fully saturated rings. The van der Waals surface area contributed by atoms with E-state index in [1.54, 1.807) is 13.3 Å². The molecule has 2 N–H and O–H groups in total. The predicted molar refractivity (Wildman–Crippen MR) is 127 cm³/mol. The number of nitrogens with one attached hydrogen (secondary N) is 2. The Labute approximate surface area is 192 Å². The van der Waals surface area contributed by atoms with Crippen molar-refractivity contribution in [3.8, 4) is 5.75 Å². The number of aryl methyl sites for hydroxylation is 1. The highest BCUT2D eigenvalue weighted by atomic mass is 32.1. The van der Waals surface area contributed by atoms with E-state index in [0.29, 0.717) is 16.5 Å². The summed E-state index contributed by atoms with van der Waals surface area (Å²) in [5.41, 5.74) is 3.36. The molecule has 1 saturated heterocycles. The van der Waals surface area contributed by atoms with Gasteiger partial charge in [0, 0.05) is 38.4 Å². The van der Waals surface area contributed by atoms with E-state index in [9.17, 15) is 4.79 Å². The summed E-state index contributed by atoms with van der Waals surface area (Å²) in [6.07, 6.45) is 5.87. The number of hydrogen-bond donors (Lipinski definition) is 2. The summed E-state index contributed by atoms with van der Waals surface area (Å²) < 4.78 is 12.4. The smallest absolute Gasteiger partial charge is 0.250 e. The number of benzene rings is 1. The lowest BCUT2D eigenvalue weighted by atomic mass is 9.98. The van der Waals surface area contributed by atoms with Gasteiger partial charge in [-0.2, -0.15) is 0 Å². The molecular weight excluding hydrogens is 426 g/mol. The van der Waals surface area contributed by atoms with Crippen molar-refractivity contribution < 1.29 is 14.3 Å². The van der Waals surface area contributed by atoms with Crippen LogP contribution in [0.25, 0.3) is 0 Å². The second kappa shape index (κ2) is 9.37. The van der Waals surface area contributed by atoms with Crippen molar-refractivity contribution in [1.82, 2.24) is 14.9 Å². The minimum Gasteiger partial charge on any atom is -0.495 e. The maximum atomic E-state index is 12.1. The first-order valence-electron chi connectivity index (χ1n) is 10.1. The number of carbonyl (C=O) groups is 1. The van der Waals surface area contributed by atoms with E-state index >= 15 is 0 Å². The number of ether oxygens (including phenoxy) is 2. The largest absolute Gasteiger partial charge is 0.495 e. The number of aromatic nitrogens is 2. The van der Waals surface area contributed by atoms with Crippen LogP contribution in [-0.2, 0) is 16.6 Å². The molecule has 0 saturated carbocycles. The number of thiocarbonyl (C=S) groups is 1. The second-order valence-corrected chi connectivity index (χ2v) is 7.86. The minimum absolute atomic E-state index is 0.0501. The van der Waals surface area contributed by atoms with Gasteiger partial charge in [-0.15, -0.1) is 0 Å². The quantitative estimate of drug-likeness (QED) is 0.534. The molecule has 0 aliphatic carbocycles. The zero-order valence-electron chi connectivity index (χ0n) is 18.1. The predicted octanol–water partition coefficient (Wildman–Crippen LogP) is 3.19. The van der Waals surface area contributed by atoms with Crippen LogP contribution in [0.1, 0.15) is 23.3 Å². The summed E-state index contributed by atoms with van der Waals surface area (Å²) in [5, 5.41) is 6.86. The van der Waals surface area contributed by atoms with E-state index in [2.05, 4.69) is 32.8 Å². The Morgan fingerprint density at radius 1 is 1.25 bits per heavy atom. The topological polar surface area (TPSA) is 80.7 Å². The zero-order valence-corrected chi connectivity index (χ0v) is 18.9. The molecule has 1 amide bonds. The number of hydrogen-bond acceptors (Lipinski definition) is 5. The van der Waals surface area contributed by atoms with Gasteiger partial charge in [-0.1, -0.05) is 6.07 Å². The van der Waals surface area contributed by atoms with Crippen molar-refractivity contribution in [2.45, 2.75) is 12.1 Å². The molecular formula is C23H25N5O3S. The number of anilines is 2. The minimum atomic E-state index is -0.268. The van der Waals surface area contributed by atoms with Crippen LogP contribution < -0.4 is 20.3 Å². The summed E-state index contributed by atoms with van der Waals surface area (Å²) in [5.74, 6) is 0.282. The van der Waals surface area contributed by atoms with Gasteiger partial charge in [-0.3, -0.25) is 9.78 Å². The Morgan fingerprint density at radius 3 is 2.75 bits per heavy atom. The van der Waals surface area contributed by atoms with E-state index in [1.807, 2.05) is 54.2 Å². The van der Waals surface area contributed by atoms with Gasteiger partial charge in [-0.25, -0.2) is 0 Å². The molecule has 8 nitrogen and oxygen atoms in total.